The molecule has 112 valence electrons. The smallest absolute Gasteiger partial charge is 0.118 e. The van der Waals surface area contributed by atoms with Gasteiger partial charge in [0.2, 0.25) is 0 Å². The zero-order chi connectivity index (χ0) is 14.4. The van der Waals surface area contributed by atoms with Crippen LogP contribution in [0.25, 0.3) is 0 Å². The molecule has 20 heavy (non-hydrogen) atoms. The molecule has 0 radical (unpaired) electrons. The summed E-state index contributed by atoms with van der Waals surface area (Å²) in [5.41, 5.74) is 0.974. The van der Waals surface area contributed by atoms with Gasteiger partial charge in [0.1, 0.15) is 5.75 Å². The molecule has 3 heteroatoms. The van der Waals surface area contributed by atoms with Crippen LogP contribution >= 0.6 is 0 Å². The molecule has 2 rings (SSSR count). The van der Waals surface area contributed by atoms with Crippen molar-refractivity contribution in [2.24, 2.45) is 5.92 Å². The summed E-state index contributed by atoms with van der Waals surface area (Å²) in [6.07, 6.45) is 4.75. The Morgan fingerprint density at radius 3 is 2.65 bits per heavy atom. The minimum atomic E-state index is -0.404. The van der Waals surface area contributed by atoms with Crippen molar-refractivity contribution in [2.45, 2.75) is 38.7 Å². The van der Waals surface area contributed by atoms with Crippen LogP contribution in [0.2, 0.25) is 0 Å². The maximum absolute atomic E-state index is 10.4. The van der Waals surface area contributed by atoms with E-state index in [1.807, 2.05) is 24.3 Å². The van der Waals surface area contributed by atoms with Gasteiger partial charge in [0, 0.05) is 6.54 Å². The van der Waals surface area contributed by atoms with E-state index >= 15 is 0 Å². The number of aliphatic hydroxyl groups is 1. The van der Waals surface area contributed by atoms with E-state index in [-0.39, 0.29) is 0 Å². The van der Waals surface area contributed by atoms with Gasteiger partial charge < -0.3 is 14.7 Å². The normalized spacial score (nSPS) is 22.2. The molecule has 1 aromatic rings. The van der Waals surface area contributed by atoms with Crippen molar-refractivity contribution < 1.29 is 9.84 Å². The summed E-state index contributed by atoms with van der Waals surface area (Å²) in [7, 11) is 1.66. The lowest BCUT2D eigenvalue weighted by Gasteiger charge is -2.23. The van der Waals surface area contributed by atoms with Gasteiger partial charge in [0.25, 0.3) is 0 Å². The Labute approximate surface area is 122 Å². The molecule has 0 saturated carbocycles. The number of likely N-dealkylation sites (tertiary alicyclic amines) is 1. The number of hydrogen-bond donors (Lipinski definition) is 1. The zero-order valence-electron chi connectivity index (χ0n) is 12.7. The maximum atomic E-state index is 10.4. The summed E-state index contributed by atoms with van der Waals surface area (Å²) < 4.78 is 5.15. The van der Waals surface area contributed by atoms with Crippen LogP contribution in [0.1, 0.15) is 44.3 Å². The van der Waals surface area contributed by atoms with Gasteiger partial charge in [0.15, 0.2) is 0 Å². The Hall–Kier alpha value is -1.06. The lowest BCUT2D eigenvalue weighted by Crippen LogP contribution is -2.29. The van der Waals surface area contributed by atoms with Gasteiger partial charge in [-0.1, -0.05) is 25.5 Å². The van der Waals surface area contributed by atoms with E-state index in [2.05, 4.69) is 11.8 Å². The van der Waals surface area contributed by atoms with Crippen LogP contribution in [-0.4, -0.2) is 36.8 Å². The van der Waals surface area contributed by atoms with E-state index in [1.165, 1.54) is 25.7 Å². The summed E-state index contributed by atoms with van der Waals surface area (Å²) in [6.45, 7) is 5.25. The largest absolute Gasteiger partial charge is 0.497 e. The predicted molar refractivity (Wildman–Crippen MR) is 82.0 cm³/mol. The molecule has 2 unspecified atom stereocenters. The van der Waals surface area contributed by atoms with Gasteiger partial charge in [-0.25, -0.2) is 0 Å². The van der Waals surface area contributed by atoms with Gasteiger partial charge in [0.05, 0.1) is 13.2 Å². The van der Waals surface area contributed by atoms with E-state index < -0.39 is 6.10 Å². The molecule has 1 heterocycles. The van der Waals surface area contributed by atoms with Crippen molar-refractivity contribution in [1.29, 1.82) is 0 Å². The lowest BCUT2D eigenvalue weighted by atomic mass is 9.98. The molecular weight excluding hydrogens is 250 g/mol. The Morgan fingerprint density at radius 2 is 2.00 bits per heavy atom. The van der Waals surface area contributed by atoms with Crippen LogP contribution < -0.4 is 4.74 Å². The monoisotopic (exact) mass is 277 g/mol. The highest BCUT2D eigenvalue weighted by molar-refractivity contribution is 5.28. The third-order valence-corrected chi connectivity index (χ3v) is 4.45. The first-order valence-electron chi connectivity index (χ1n) is 7.77. The fourth-order valence-electron chi connectivity index (χ4n) is 2.99. The number of methoxy groups -OCH3 is 1. The maximum Gasteiger partial charge on any atom is 0.118 e. The first-order chi connectivity index (χ1) is 9.72. The van der Waals surface area contributed by atoms with E-state index in [9.17, 15) is 5.11 Å². The topological polar surface area (TPSA) is 32.7 Å². The molecule has 0 aliphatic carbocycles. The number of benzene rings is 1. The summed E-state index contributed by atoms with van der Waals surface area (Å²) in [4.78, 5) is 2.41. The highest BCUT2D eigenvalue weighted by Crippen LogP contribution is 2.23. The predicted octanol–water partition coefficient (Wildman–Crippen LogP) is 3.24. The van der Waals surface area contributed by atoms with E-state index in [1.54, 1.807) is 7.11 Å². The van der Waals surface area contributed by atoms with Crippen LogP contribution in [0.3, 0.4) is 0 Å². The summed E-state index contributed by atoms with van der Waals surface area (Å²) in [5, 5.41) is 10.4. The van der Waals surface area contributed by atoms with E-state index in [0.29, 0.717) is 0 Å². The molecule has 1 aliphatic rings. The Morgan fingerprint density at radius 1 is 1.25 bits per heavy atom. The van der Waals surface area contributed by atoms with Gasteiger partial charge in [-0.3, -0.25) is 0 Å². The minimum absolute atomic E-state index is 0.404. The van der Waals surface area contributed by atoms with E-state index in [0.717, 1.165) is 36.9 Å². The summed E-state index contributed by atoms with van der Waals surface area (Å²) >= 11 is 0. The van der Waals surface area contributed by atoms with Crippen LogP contribution in [0.15, 0.2) is 24.3 Å². The van der Waals surface area contributed by atoms with Crippen molar-refractivity contribution in [3.63, 3.8) is 0 Å². The zero-order valence-corrected chi connectivity index (χ0v) is 12.7. The third-order valence-electron chi connectivity index (χ3n) is 4.45. The fourth-order valence-corrected chi connectivity index (χ4v) is 2.99. The van der Waals surface area contributed by atoms with Crippen molar-refractivity contribution in [1.82, 2.24) is 4.90 Å². The van der Waals surface area contributed by atoms with Crippen molar-refractivity contribution in [3.8, 4) is 5.75 Å². The molecule has 3 nitrogen and oxygen atoms in total. The standard InChI is InChI=1S/C17H27NO2/c1-3-14-5-4-11-18(12-10-14)13-17(19)15-6-8-16(20-2)9-7-15/h6-9,14,17,19H,3-5,10-13H2,1-2H3. The van der Waals surface area contributed by atoms with Gasteiger partial charge in [-0.2, -0.15) is 0 Å². The number of rotatable bonds is 5. The number of aliphatic hydroxyl groups excluding tert-OH is 1. The molecule has 1 fully saturated rings. The van der Waals surface area contributed by atoms with Gasteiger partial charge in [-0.05, 0) is 56.0 Å². The van der Waals surface area contributed by atoms with Crippen molar-refractivity contribution in [2.75, 3.05) is 26.7 Å². The van der Waals surface area contributed by atoms with Gasteiger partial charge >= 0.3 is 0 Å². The Balaban J connectivity index is 1.88. The molecule has 1 aliphatic heterocycles. The van der Waals surface area contributed by atoms with Crippen LogP contribution in [0.5, 0.6) is 5.75 Å². The SMILES string of the molecule is CCC1CCCN(CC(O)c2ccc(OC)cc2)CC1. The average molecular weight is 277 g/mol. The molecule has 2 atom stereocenters. The third kappa shape index (κ3) is 4.22. The second-order valence-electron chi connectivity index (χ2n) is 5.79. The molecule has 0 spiro atoms. The second-order valence-corrected chi connectivity index (χ2v) is 5.79. The van der Waals surface area contributed by atoms with Crippen molar-refractivity contribution in [3.05, 3.63) is 29.8 Å². The molecule has 0 bridgehead atoms. The molecular formula is C17H27NO2. The number of β-amino-alcohol motifs (C(OH)–C–C–N with tert-alkyl or cyclic N) is 1. The summed E-state index contributed by atoms with van der Waals surface area (Å²) in [5.74, 6) is 1.71. The minimum Gasteiger partial charge on any atom is -0.497 e. The lowest BCUT2D eigenvalue weighted by molar-refractivity contribution is 0.114. The Kier molecular flexibility index (Phi) is 5.86. The molecule has 1 N–H and O–H groups in total. The number of nitrogens with zero attached hydrogens (tertiary/aromatic N) is 1. The molecule has 0 aromatic heterocycles. The highest BCUT2D eigenvalue weighted by Gasteiger charge is 2.18. The second kappa shape index (κ2) is 7.65. The van der Waals surface area contributed by atoms with Crippen LogP contribution in [0.4, 0.5) is 0 Å². The molecule has 0 amide bonds. The number of hydrogen-bond acceptors (Lipinski definition) is 3. The molecule has 1 aromatic carbocycles. The van der Waals surface area contributed by atoms with Crippen molar-refractivity contribution >= 4 is 0 Å². The van der Waals surface area contributed by atoms with Gasteiger partial charge in [-0.15, -0.1) is 0 Å². The Bertz CT molecular complexity index is 390. The van der Waals surface area contributed by atoms with Crippen LogP contribution in [-0.2, 0) is 0 Å². The van der Waals surface area contributed by atoms with E-state index in [4.69, 9.17) is 4.74 Å². The fraction of sp³-hybridized carbons (Fsp3) is 0.647. The highest BCUT2D eigenvalue weighted by atomic mass is 16.5. The number of ether oxygens (including phenoxy) is 1. The summed E-state index contributed by atoms with van der Waals surface area (Å²) in [6, 6.07) is 7.73. The first kappa shape index (κ1) is 15.3. The van der Waals surface area contributed by atoms with Crippen LogP contribution in [0, 0.1) is 5.92 Å². The molecule has 1 saturated heterocycles. The average Bonchev–Trinajstić information content (AvgIpc) is 2.72. The first-order valence-corrected chi connectivity index (χ1v) is 7.77. The quantitative estimate of drug-likeness (QED) is 0.897.